The Bertz CT molecular complexity index is 375. The quantitative estimate of drug-likeness (QED) is 0.561. The van der Waals surface area contributed by atoms with Crippen LogP contribution in [0.4, 0.5) is 0 Å². The Morgan fingerprint density at radius 1 is 0.875 bits per heavy atom. The van der Waals surface area contributed by atoms with E-state index >= 15 is 0 Å². The Hall–Kier alpha value is -0.180. The summed E-state index contributed by atoms with van der Waals surface area (Å²) in [5.41, 5.74) is 0. The molecule has 0 saturated carbocycles. The molecule has 0 spiro atoms. The molecule has 0 aromatic carbocycles. The van der Waals surface area contributed by atoms with E-state index in [-0.39, 0.29) is 24.6 Å². The van der Waals surface area contributed by atoms with Gasteiger partial charge >= 0.3 is 0 Å². The first kappa shape index (κ1) is 15.8. The van der Waals surface area contributed by atoms with Crippen molar-refractivity contribution in [3.63, 3.8) is 0 Å². The summed E-state index contributed by atoms with van der Waals surface area (Å²) in [4.78, 5) is 0. The molecule has 0 bridgehead atoms. The largest absolute Gasteiger partial charge is 0.214 e. The smallest absolute Gasteiger partial charge is 0.211 e. The monoisotopic (exact) mass is 272 g/mol. The zero-order valence-electron chi connectivity index (χ0n) is 9.69. The number of hydrogen-bond donors (Lipinski definition) is 2. The molecule has 0 aliphatic rings. The molecule has 0 unspecified atom stereocenters. The third kappa shape index (κ3) is 8.03. The normalized spacial score (nSPS) is 12.9. The molecular weight excluding hydrogens is 252 g/mol. The molecule has 16 heavy (non-hydrogen) atoms. The van der Waals surface area contributed by atoms with Crippen molar-refractivity contribution in [2.75, 3.05) is 24.6 Å². The minimum Gasteiger partial charge on any atom is -0.214 e. The third-order valence-electron chi connectivity index (χ3n) is 1.92. The van der Waals surface area contributed by atoms with E-state index in [4.69, 9.17) is 0 Å². The second-order valence-electron chi connectivity index (χ2n) is 3.36. The van der Waals surface area contributed by atoms with Crippen molar-refractivity contribution in [3.05, 3.63) is 0 Å². The summed E-state index contributed by atoms with van der Waals surface area (Å²) in [5.74, 6) is 0.0829. The number of sulfonamides is 2. The van der Waals surface area contributed by atoms with Crippen molar-refractivity contribution >= 4 is 20.0 Å². The molecular formula is C8H20N2O4S2. The lowest BCUT2D eigenvalue weighted by molar-refractivity contribution is 0.569. The minimum atomic E-state index is -3.25. The summed E-state index contributed by atoms with van der Waals surface area (Å²) in [7, 11) is -6.49. The molecule has 98 valence electrons. The Balaban J connectivity index is 3.82. The maximum Gasteiger partial charge on any atom is 0.211 e. The predicted molar refractivity (Wildman–Crippen MR) is 64.2 cm³/mol. The first-order valence-corrected chi connectivity index (χ1v) is 8.58. The SMILES string of the molecule is CCCCS(=O)(=O)NCCNS(=O)(=O)CC. The Morgan fingerprint density at radius 2 is 1.38 bits per heavy atom. The molecule has 6 nitrogen and oxygen atoms in total. The van der Waals surface area contributed by atoms with Gasteiger partial charge in [0.2, 0.25) is 20.0 Å². The van der Waals surface area contributed by atoms with Crippen LogP contribution in [0.3, 0.4) is 0 Å². The first-order chi connectivity index (χ1) is 7.33. The van der Waals surface area contributed by atoms with E-state index in [1.807, 2.05) is 6.92 Å². The van der Waals surface area contributed by atoms with Crippen LogP contribution in [-0.4, -0.2) is 41.4 Å². The van der Waals surface area contributed by atoms with Gasteiger partial charge < -0.3 is 0 Å². The summed E-state index contributed by atoms with van der Waals surface area (Å²) in [6.45, 7) is 3.60. The van der Waals surface area contributed by atoms with Crippen molar-refractivity contribution < 1.29 is 16.8 Å². The summed E-state index contributed by atoms with van der Waals surface area (Å²) >= 11 is 0. The van der Waals surface area contributed by atoms with Gasteiger partial charge in [-0.05, 0) is 13.3 Å². The highest BCUT2D eigenvalue weighted by molar-refractivity contribution is 7.89. The molecule has 0 saturated heterocycles. The molecule has 0 aromatic rings. The van der Waals surface area contributed by atoms with Gasteiger partial charge in [-0.2, -0.15) is 0 Å². The van der Waals surface area contributed by atoms with E-state index in [1.165, 1.54) is 6.92 Å². The number of unbranched alkanes of at least 4 members (excludes halogenated alkanes) is 1. The van der Waals surface area contributed by atoms with Crippen molar-refractivity contribution in [3.8, 4) is 0 Å². The lowest BCUT2D eigenvalue weighted by Gasteiger charge is -2.07. The fraction of sp³-hybridized carbons (Fsp3) is 1.00. The second-order valence-corrected chi connectivity index (χ2v) is 7.39. The van der Waals surface area contributed by atoms with Gasteiger partial charge in [0.1, 0.15) is 0 Å². The van der Waals surface area contributed by atoms with Crippen LogP contribution in [-0.2, 0) is 20.0 Å². The summed E-state index contributed by atoms with van der Waals surface area (Å²) in [5, 5.41) is 0. The Labute approximate surface area is 97.9 Å². The van der Waals surface area contributed by atoms with Gasteiger partial charge in [-0.15, -0.1) is 0 Å². The van der Waals surface area contributed by atoms with Crippen molar-refractivity contribution in [2.24, 2.45) is 0 Å². The standard InChI is InChI=1S/C8H20N2O4S2/c1-3-5-8-16(13,14)10-7-6-9-15(11,12)4-2/h9-10H,3-8H2,1-2H3. The van der Waals surface area contributed by atoms with Gasteiger partial charge in [0, 0.05) is 13.1 Å². The van der Waals surface area contributed by atoms with Crippen LogP contribution < -0.4 is 9.44 Å². The Morgan fingerprint density at radius 3 is 1.81 bits per heavy atom. The molecule has 0 radical (unpaired) electrons. The van der Waals surface area contributed by atoms with Crippen LogP contribution in [0.15, 0.2) is 0 Å². The van der Waals surface area contributed by atoms with Crippen molar-refractivity contribution in [1.82, 2.24) is 9.44 Å². The van der Waals surface area contributed by atoms with Gasteiger partial charge in [-0.3, -0.25) is 0 Å². The molecule has 0 aromatic heterocycles. The zero-order chi connectivity index (χ0) is 12.7. The predicted octanol–water partition coefficient (Wildman–Crippen LogP) is -0.355. The van der Waals surface area contributed by atoms with Gasteiger partial charge in [0.15, 0.2) is 0 Å². The van der Waals surface area contributed by atoms with Crippen LogP contribution in [0.5, 0.6) is 0 Å². The van der Waals surface area contributed by atoms with E-state index in [2.05, 4.69) is 9.44 Å². The summed E-state index contributed by atoms with van der Waals surface area (Å²) in [6.07, 6.45) is 1.42. The topological polar surface area (TPSA) is 92.3 Å². The van der Waals surface area contributed by atoms with E-state index in [9.17, 15) is 16.8 Å². The molecule has 0 heterocycles. The van der Waals surface area contributed by atoms with E-state index in [0.717, 1.165) is 6.42 Å². The molecule has 2 N–H and O–H groups in total. The Kier molecular flexibility index (Phi) is 7.12. The first-order valence-electron chi connectivity index (χ1n) is 5.27. The highest BCUT2D eigenvalue weighted by Crippen LogP contribution is 1.92. The highest BCUT2D eigenvalue weighted by Gasteiger charge is 2.09. The summed E-state index contributed by atoms with van der Waals surface area (Å²) < 4.78 is 49.2. The maximum atomic E-state index is 11.3. The molecule has 8 heteroatoms. The third-order valence-corrected chi connectivity index (χ3v) is 4.79. The van der Waals surface area contributed by atoms with E-state index in [1.54, 1.807) is 0 Å². The van der Waals surface area contributed by atoms with Crippen LogP contribution in [0.2, 0.25) is 0 Å². The number of hydrogen-bond acceptors (Lipinski definition) is 4. The van der Waals surface area contributed by atoms with Crippen molar-refractivity contribution in [1.29, 1.82) is 0 Å². The number of rotatable bonds is 9. The fourth-order valence-electron chi connectivity index (χ4n) is 0.922. The minimum absolute atomic E-state index is 0.00438. The van der Waals surface area contributed by atoms with Gasteiger partial charge in [-0.25, -0.2) is 26.3 Å². The van der Waals surface area contributed by atoms with Gasteiger partial charge in [0.25, 0.3) is 0 Å². The summed E-state index contributed by atoms with van der Waals surface area (Å²) in [6, 6.07) is 0. The molecule has 0 aliphatic carbocycles. The average molecular weight is 272 g/mol. The zero-order valence-corrected chi connectivity index (χ0v) is 11.3. The van der Waals surface area contributed by atoms with Crippen LogP contribution in [0.1, 0.15) is 26.7 Å². The molecule has 0 amide bonds. The lowest BCUT2D eigenvalue weighted by atomic mass is 10.4. The average Bonchev–Trinajstić information content (AvgIpc) is 2.22. The lowest BCUT2D eigenvalue weighted by Crippen LogP contribution is -2.36. The maximum absolute atomic E-state index is 11.3. The molecule has 0 aliphatic heterocycles. The molecule has 0 fully saturated rings. The van der Waals surface area contributed by atoms with Crippen molar-refractivity contribution in [2.45, 2.75) is 26.7 Å². The molecule has 0 atom stereocenters. The van der Waals surface area contributed by atoms with Crippen LogP contribution in [0, 0.1) is 0 Å². The highest BCUT2D eigenvalue weighted by atomic mass is 32.2. The van der Waals surface area contributed by atoms with Crippen LogP contribution >= 0.6 is 0 Å². The van der Waals surface area contributed by atoms with E-state index < -0.39 is 20.0 Å². The van der Waals surface area contributed by atoms with Gasteiger partial charge in [-0.1, -0.05) is 13.3 Å². The van der Waals surface area contributed by atoms with E-state index in [0.29, 0.717) is 6.42 Å². The molecule has 0 rings (SSSR count). The van der Waals surface area contributed by atoms with Gasteiger partial charge in [0.05, 0.1) is 11.5 Å². The van der Waals surface area contributed by atoms with Crippen LogP contribution in [0.25, 0.3) is 0 Å². The fourth-order valence-corrected chi connectivity index (χ4v) is 2.76. The number of nitrogens with one attached hydrogen (secondary N) is 2. The second kappa shape index (κ2) is 7.21.